The number of carbonyl (C=O) groups excluding carboxylic acids is 1. The van der Waals surface area contributed by atoms with E-state index >= 15 is 0 Å². The van der Waals surface area contributed by atoms with E-state index in [1.165, 1.54) is 18.4 Å². The van der Waals surface area contributed by atoms with E-state index in [0.29, 0.717) is 16.9 Å². The van der Waals surface area contributed by atoms with E-state index in [0.717, 1.165) is 11.2 Å². The SMILES string of the molecule is COC(=O)c1cccc2[nH]c(-c3cscn3)nc12. The third-order valence-corrected chi connectivity index (χ3v) is 3.18. The van der Waals surface area contributed by atoms with Crippen LogP contribution in [0.3, 0.4) is 0 Å². The van der Waals surface area contributed by atoms with Crippen molar-refractivity contribution in [2.24, 2.45) is 0 Å². The predicted molar refractivity (Wildman–Crippen MR) is 68.5 cm³/mol. The van der Waals surface area contributed by atoms with E-state index in [1.807, 2.05) is 11.4 Å². The molecule has 0 aliphatic carbocycles. The number of aromatic amines is 1. The van der Waals surface area contributed by atoms with Gasteiger partial charge in [-0.1, -0.05) is 6.07 Å². The van der Waals surface area contributed by atoms with E-state index in [1.54, 1.807) is 17.6 Å². The number of nitrogens with one attached hydrogen (secondary N) is 1. The molecule has 0 aliphatic heterocycles. The van der Waals surface area contributed by atoms with Gasteiger partial charge in [-0.2, -0.15) is 0 Å². The maximum absolute atomic E-state index is 11.6. The molecular formula is C12H9N3O2S. The first-order valence-electron chi connectivity index (χ1n) is 5.25. The molecule has 3 rings (SSSR count). The zero-order chi connectivity index (χ0) is 12.5. The Morgan fingerprint density at radius 3 is 3.06 bits per heavy atom. The van der Waals surface area contributed by atoms with Gasteiger partial charge in [-0.25, -0.2) is 14.8 Å². The number of aromatic nitrogens is 3. The van der Waals surface area contributed by atoms with E-state index in [-0.39, 0.29) is 0 Å². The first-order chi connectivity index (χ1) is 8.79. The van der Waals surface area contributed by atoms with Crippen LogP contribution < -0.4 is 0 Å². The number of para-hydroxylation sites is 1. The second kappa shape index (κ2) is 4.23. The Morgan fingerprint density at radius 1 is 1.44 bits per heavy atom. The van der Waals surface area contributed by atoms with Crippen LogP contribution in [-0.4, -0.2) is 28.0 Å². The molecule has 0 aliphatic rings. The van der Waals surface area contributed by atoms with Crippen LogP contribution in [-0.2, 0) is 4.74 Å². The number of H-pyrrole nitrogens is 1. The topological polar surface area (TPSA) is 67.9 Å². The number of esters is 1. The monoisotopic (exact) mass is 259 g/mol. The minimum atomic E-state index is -0.392. The summed E-state index contributed by atoms with van der Waals surface area (Å²) in [6.45, 7) is 0. The Labute approximate surface area is 106 Å². The average molecular weight is 259 g/mol. The quantitative estimate of drug-likeness (QED) is 0.718. The van der Waals surface area contributed by atoms with Gasteiger partial charge in [0.1, 0.15) is 11.2 Å². The summed E-state index contributed by atoms with van der Waals surface area (Å²) >= 11 is 1.50. The normalized spacial score (nSPS) is 10.7. The number of methoxy groups -OCH3 is 1. The number of hydrogen-bond acceptors (Lipinski definition) is 5. The molecule has 6 heteroatoms. The standard InChI is InChI=1S/C12H9N3O2S/c1-17-12(16)7-3-2-4-8-10(7)15-11(14-8)9-5-18-6-13-9/h2-6H,1H3,(H,14,15). The number of thiazole rings is 1. The van der Waals surface area contributed by atoms with Gasteiger partial charge in [-0.3, -0.25) is 0 Å². The summed E-state index contributed by atoms with van der Waals surface area (Å²) in [6.07, 6.45) is 0. The lowest BCUT2D eigenvalue weighted by atomic mass is 10.2. The summed E-state index contributed by atoms with van der Waals surface area (Å²) in [5, 5.41) is 1.90. The summed E-state index contributed by atoms with van der Waals surface area (Å²) in [6, 6.07) is 5.35. The van der Waals surface area contributed by atoms with Crippen LogP contribution in [0.1, 0.15) is 10.4 Å². The van der Waals surface area contributed by atoms with Crippen molar-refractivity contribution in [2.75, 3.05) is 7.11 Å². The number of fused-ring (bicyclic) bond motifs is 1. The molecule has 1 aromatic carbocycles. The summed E-state index contributed by atoms with van der Waals surface area (Å²) in [7, 11) is 1.36. The molecule has 1 N–H and O–H groups in total. The van der Waals surface area contributed by atoms with E-state index in [4.69, 9.17) is 4.74 Å². The Hall–Kier alpha value is -2.21. The lowest BCUT2D eigenvalue weighted by Crippen LogP contribution is -2.01. The molecule has 0 atom stereocenters. The van der Waals surface area contributed by atoms with Gasteiger partial charge in [0.05, 0.1) is 23.7 Å². The second-order valence-corrected chi connectivity index (χ2v) is 4.37. The van der Waals surface area contributed by atoms with Crippen LogP contribution in [0, 0.1) is 0 Å². The Morgan fingerprint density at radius 2 is 2.33 bits per heavy atom. The van der Waals surface area contributed by atoms with Crippen LogP contribution >= 0.6 is 11.3 Å². The van der Waals surface area contributed by atoms with Crippen LogP contribution in [0.2, 0.25) is 0 Å². The van der Waals surface area contributed by atoms with Gasteiger partial charge < -0.3 is 9.72 Å². The third-order valence-electron chi connectivity index (χ3n) is 2.59. The highest BCUT2D eigenvalue weighted by atomic mass is 32.1. The maximum Gasteiger partial charge on any atom is 0.340 e. The maximum atomic E-state index is 11.6. The first kappa shape index (κ1) is 10.9. The van der Waals surface area contributed by atoms with Crippen molar-refractivity contribution in [3.05, 3.63) is 34.7 Å². The molecule has 0 radical (unpaired) electrons. The number of imidazole rings is 1. The van der Waals surface area contributed by atoms with Crippen LogP contribution in [0.25, 0.3) is 22.6 Å². The average Bonchev–Trinajstić information content (AvgIpc) is 3.04. The van der Waals surface area contributed by atoms with Crippen molar-refractivity contribution >= 4 is 28.3 Å². The zero-order valence-electron chi connectivity index (χ0n) is 9.51. The van der Waals surface area contributed by atoms with E-state index < -0.39 is 5.97 Å². The highest BCUT2D eigenvalue weighted by molar-refractivity contribution is 7.07. The molecule has 90 valence electrons. The Balaban J connectivity index is 2.20. The molecule has 18 heavy (non-hydrogen) atoms. The highest BCUT2D eigenvalue weighted by Gasteiger charge is 2.14. The predicted octanol–water partition coefficient (Wildman–Crippen LogP) is 2.47. The lowest BCUT2D eigenvalue weighted by molar-refractivity contribution is 0.0603. The van der Waals surface area contributed by atoms with Gasteiger partial charge in [0.25, 0.3) is 0 Å². The fourth-order valence-electron chi connectivity index (χ4n) is 1.76. The third kappa shape index (κ3) is 1.67. The number of nitrogens with zero attached hydrogens (tertiary/aromatic N) is 2. The molecule has 0 bridgehead atoms. The van der Waals surface area contributed by atoms with E-state index in [2.05, 4.69) is 15.0 Å². The number of hydrogen-bond donors (Lipinski definition) is 1. The molecule has 2 heterocycles. The number of rotatable bonds is 2. The summed E-state index contributed by atoms with van der Waals surface area (Å²) in [5.41, 5.74) is 4.36. The minimum absolute atomic E-state index is 0.392. The summed E-state index contributed by atoms with van der Waals surface area (Å²) in [4.78, 5) is 23.4. The zero-order valence-corrected chi connectivity index (χ0v) is 10.3. The molecule has 0 unspecified atom stereocenters. The molecule has 0 saturated carbocycles. The molecule has 2 aromatic heterocycles. The van der Waals surface area contributed by atoms with Gasteiger partial charge >= 0.3 is 5.97 Å². The fourth-order valence-corrected chi connectivity index (χ4v) is 2.29. The lowest BCUT2D eigenvalue weighted by Gasteiger charge is -1.98. The smallest absolute Gasteiger partial charge is 0.340 e. The number of carbonyl (C=O) groups is 1. The van der Waals surface area contributed by atoms with Gasteiger partial charge in [-0.05, 0) is 12.1 Å². The molecule has 0 amide bonds. The molecule has 0 spiro atoms. The van der Waals surface area contributed by atoms with Crippen LogP contribution in [0.15, 0.2) is 29.1 Å². The Bertz CT molecular complexity index is 703. The van der Waals surface area contributed by atoms with Crippen molar-refractivity contribution in [1.82, 2.24) is 15.0 Å². The summed E-state index contributed by atoms with van der Waals surface area (Å²) < 4.78 is 4.74. The van der Waals surface area contributed by atoms with Gasteiger partial charge in [-0.15, -0.1) is 11.3 Å². The Kier molecular flexibility index (Phi) is 2.56. The van der Waals surface area contributed by atoms with Crippen molar-refractivity contribution in [3.8, 4) is 11.5 Å². The van der Waals surface area contributed by atoms with Crippen molar-refractivity contribution in [2.45, 2.75) is 0 Å². The molecular weight excluding hydrogens is 250 g/mol. The van der Waals surface area contributed by atoms with Crippen LogP contribution in [0.5, 0.6) is 0 Å². The molecule has 5 nitrogen and oxygen atoms in total. The van der Waals surface area contributed by atoms with Crippen molar-refractivity contribution in [3.63, 3.8) is 0 Å². The van der Waals surface area contributed by atoms with Gasteiger partial charge in [0.15, 0.2) is 5.82 Å². The van der Waals surface area contributed by atoms with Crippen LogP contribution in [0.4, 0.5) is 0 Å². The molecule has 0 saturated heterocycles. The number of benzene rings is 1. The fraction of sp³-hybridized carbons (Fsp3) is 0.0833. The minimum Gasteiger partial charge on any atom is -0.465 e. The van der Waals surface area contributed by atoms with Crippen molar-refractivity contribution in [1.29, 1.82) is 0 Å². The summed E-state index contributed by atoms with van der Waals surface area (Å²) in [5.74, 6) is 0.263. The highest BCUT2D eigenvalue weighted by Crippen LogP contribution is 2.23. The van der Waals surface area contributed by atoms with E-state index in [9.17, 15) is 4.79 Å². The van der Waals surface area contributed by atoms with Crippen molar-refractivity contribution < 1.29 is 9.53 Å². The molecule has 3 aromatic rings. The first-order valence-corrected chi connectivity index (χ1v) is 6.19. The van der Waals surface area contributed by atoms with Gasteiger partial charge in [0, 0.05) is 5.38 Å². The van der Waals surface area contributed by atoms with Gasteiger partial charge in [0.2, 0.25) is 0 Å². The molecule has 0 fully saturated rings. The largest absolute Gasteiger partial charge is 0.465 e. The second-order valence-electron chi connectivity index (χ2n) is 3.65. The number of ether oxygens (including phenoxy) is 1.